The van der Waals surface area contributed by atoms with Crippen molar-refractivity contribution in [3.63, 3.8) is 0 Å². The third kappa shape index (κ3) is 3.76. The molecular weight excluding hydrogens is 244 g/mol. The van der Waals surface area contributed by atoms with Gasteiger partial charge in [-0.05, 0) is 36.6 Å². The van der Waals surface area contributed by atoms with E-state index in [-0.39, 0.29) is 0 Å². The first-order valence-corrected chi connectivity index (χ1v) is 8.77. The van der Waals surface area contributed by atoms with Crippen molar-refractivity contribution in [2.45, 2.75) is 72.9 Å². The zero-order chi connectivity index (χ0) is 14.9. The van der Waals surface area contributed by atoms with Crippen LogP contribution in [0.25, 0.3) is 0 Å². The molecule has 0 aromatic rings. The summed E-state index contributed by atoms with van der Waals surface area (Å²) in [6.07, 6.45) is 4.28. The van der Waals surface area contributed by atoms with Crippen molar-refractivity contribution in [1.29, 1.82) is 0 Å². The molecule has 0 aliphatic carbocycles. The molecule has 0 bridgehead atoms. The minimum Gasteiger partial charge on any atom is -0.298 e. The van der Waals surface area contributed by atoms with Crippen LogP contribution in [0.3, 0.4) is 0 Å². The first-order chi connectivity index (χ1) is 9.29. The van der Waals surface area contributed by atoms with Gasteiger partial charge < -0.3 is 0 Å². The molecule has 0 aromatic heterocycles. The highest BCUT2D eigenvalue weighted by Crippen LogP contribution is 2.31. The van der Waals surface area contributed by atoms with E-state index in [0.29, 0.717) is 5.41 Å². The van der Waals surface area contributed by atoms with Crippen LogP contribution in [0.2, 0.25) is 0 Å². The van der Waals surface area contributed by atoms with Crippen molar-refractivity contribution in [2.75, 3.05) is 26.2 Å². The first-order valence-electron chi connectivity index (χ1n) is 8.77. The highest BCUT2D eigenvalue weighted by Gasteiger charge is 2.37. The lowest BCUT2D eigenvalue weighted by Crippen LogP contribution is -2.61. The number of rotatable bonds is 3. The maximum absolute atomic E-state index is 2.83. The summed E-state index contributed by atoms with van der Waals surface area (Å²) in [4.78, 5) is 5.61. The van der Waals surface area contributed by atoms with E-state index in [1.807, 2.05) is 0 Å². The minimum absolute atomic E-state index is 0.422. The van der Waals surface area contributed by atoms with E-state index in [9.17, 15) is 0 Å². The second kappa shape index (κ2) is 6.36. The van der Waals surface area contributed by atoms with Crippen molar-refractivity contribution in [3.8, 4) is 0 Å². The van der Waals surface area contributed by atoms with Crippen molar-refractivity contribution >= 4 is 0 Å². The predicted octanol–water partition coefficient (Wildman–Crippen LogP) is 3.86. The lowest BCUT2D eigenvalue weighted by atomic mass is 9.80. The van der Waals surface area contributed by atoms with Gasteiger partial charge >= 0.3 is 0 Å². The summed E-state index contributed by atoms with van der Waals surface area (Å²) in [5.74, 6) is 1.53. The molecule has 2 rings (SSSR count). The largest absolute Gasteiger partial charge is 0.298 e. The molecule has 3 atom stereocenters. The van der Waals surface area contributed by atoms with Gasteiger partial charge in [0.15, 0.2) is 0 Å². The van der Waals surface area contributed by atoms with Crippen molar-refractivity contribution in [2.24, 2.45) is 17.3 Å². The van der Waals surface area contributed by atoms with Crippen molar-refractivity contribution in [1.82, 2.24) is 9.80 Å². The van der Waals surface area contributed by atoms with Gasteiger partial charge in [0.05, 0.1) is 0 Å². The molecule has 0 amide bonds. The fraction of sp³-hybridized carbons (Fsp3) is 1.00. The molecule has 0 radical (unpaired) electrons. The molecule has 3 unspecified atom stereocenters. The molecule has 0 N–H and O–H groups in total. The maximum atomic E-state index is 2.83. The second-order valence-corrected chi connectivity index (χ2v) is 8.68. The summed E-state index contributed by atoms with van der Waals surface area (Å²) in [7, 11) is 0. The highest BCUT2D eigenvalue weighted by atomic mass is 15.3. The predicted molar refractivity (Wildman–Crippen MR) is 88.0 cm³/mol. The van der Waals surface area contributed by atoms with Crippen LogP contribution in [-0.4, -0.2) is 48.1 Å². The fourth-order valence-electron chi connectivity index (χ4n) is 3.74. The third-order valence-electron chi connectivity index (χ3n) is 5.84. The van der Waals surface area contributed by atoms with Crippen LogP contribution >= 0.6 is 0 Å². The number of piperazine rings is 1. The van der Waals surface area contributed by atoms with Gasteiger partial charge in [-0.2, -0.15) is 0 Å². The molecule has 2 nitrogen and oxygen atoms in total. The van der Waals surface area contributed by atoms with Crippen LogP contribution in [0, 0.1) is 17.3 Å². The van der Waals surface area contributed by atoms with Crippen LogP contribution in [0.1, 0.15) is 60.8 Å². The van der Waals surface area contributed by atoms with Crippen LogP contribution < -0.4 is 0 Å². The number of fused-ring (bicyclic) bond motifs is 1. The molecule has 2 fully saturated rings. The molecule has 0 saturated carbocycles. The summed E-state index contributed by atoms with van der Waals surface area (Å²) in [6, 6.07) is 1.60. The van der Waals surface area contributed by atoms with Gasteiger partial charge in [-0.3, -0.25) is 9.80 Å². The normalized spacial score (nSPS) is 31.4. The summed E-state index contributed by atoms with van der Waals surface area (Å²) in [6.45, 7) is 19.6. The van der Waals surface area contributed by atoms with Gasteiger partial charge in [0.25, 0.3) is 0 Å². The molecule has 0 spiro atoms. The van der Waals surface area contributed by atoms with Gasteiger partial charge in [0, 0.05) is 31.7 Å². The molecule has 0 aromatic carbocycles. The molecule has 2 heterocycles. The second-order valence-electron chi connectivity index (χ2n) is 8.68. The smallest absolute Gasteiger partial charge is 0.0247 e. The van der Waals surface area contributed by atoms with Gasteiger partial charge in [0.1, 0.15) is 0 Å². The average Bonchev–Trinajstić information content (AvgIpc) is 2.36. The monoisotopic (exact) mass is 280 g/mol. The average molecular weight is 280 g/mol. The third-order valence-corrected chi connectivity index (χ3v) is 5.84. The summed E-state index contributed by atoms with van der Waals surface area (Å²) in [5, 5.41) is 0. The summed E-state index contributed by atoms with van der Waals surface area (Å²) in [5.41, 5.74) is 0.422. The maximum Gasteiger partial charge on any atom is 0.0247 e. The Morgan fingerprint density at radius 2 is 1.75 bits per heavy atom. The van der Waals surface area contributed by atoms with Gasteiger partial charge in [-0.1, -0.05) is 48.0 Å². The number of hydrogen-bond acceptors (Lipinski definition) is 2. The Kier molecular flexibility index (Phi) is 5.18. The van der Waals surface area contributed by atoms with Crippen molar-refractivity contribution in [3.05, 3.63) is 0 Å². The van der Waals surface area contributed by atoms with Crippen LogP contribution in [0.5, 0.6) is 0 Å². The van der Waals surface area contributed by atoms with Crippen LogP contribution in [0.15, 0.2) is 0 Å². The van der Waals surface area contributed by atoms with E-state index in [2.05, 4.69) is 51.3 Å². The summed E-state index contributed by atoms with van der Waals surface area (Å²) >= 11 is 0. The Labute approximate surface area is 126 Å². The first kappa shape index (κ1) is 16.3. The van der Waals surface area contributed by atoms with Gasteiger partial charge in [-0.25, -0.2) is 0 Å². The molecule has 2 heteroatoms. The van der Waals surface area contributed by atoms with Gasteiger partial charge in [0.2, 0.25) is 0 Å². The Morgan fingerprint density at radius 3 is 2.35 bits per heavy atom. The Balaban J connectivity index is 2.04. The quantitative estimate of drug-likeness (QED) is 0.774. The van der Waals surface area contributed by atoms with E-state index in [1.165, 1.54) is 45.4 Å². The van der Waals surface area contributed by atoms with E-state index in [1.54, 1.807) is 0 Å². The zero-order valence-electron chi connectivity index (χ0n) is 14.7. The zero-order valence-corrected chi connectivity index (χ0v) is 14.7. The molecule has 20 heavy (non-hydrogen) atoms. The Hall–Kier alpha value is -0.0800. The standard InChI is InChI=1S/C18H36N2/c1-14(2)17-13-19-10-8-7-9-16(19)12-20(17)11-15(3)18(4,5)6/h14-17H,7-13H2,1-6H3. The van der Waals surface area contributed by atoms with Crippen LogP contribution in [0.4, 0.5) is 0 Å². The van der Waals surface area contributed by atoms with Gasteiger partial charge in [-0.15, -0.1) is 0 Å². The fourth-order valence-corrected chi connectivity index (χ4v) is 3.74. The van der Waals surface area contributed by atoms with E-state index in [4.69, 9.17) is 0 Å². The molecule has 2 aliphatic rings. The number of hydrogen-bond donors (Lipinski definition) is 0. The van der Waals surface area contributed by atoms with E-state index >= 15 is 0 Å². The molecule has 2 saturated heterocycles. The SMILES string of the molecule is CC(C)C1CN2CCCCC2CN1CC(C)C(C)(C)C. The minimum atomic E-state index is 0.422. The van der Waals surface area contributed by atoms with Crippen LogP contribution in [-0.2, 0) is 0 Å². The van der Waals surface area contributed by atoms with Crippen molar-refractivity contribution < 1.29 is 0 Å². The summed E-state index contributed by atoms with van der Waals surface area (Å²) < 4.78 is 0. The Bertz CT molecular complexity index is 305. The highest BCUT2D eigenvalue weighted by molar-refractivity contribution is 4.93. The van der Waals surface area contributed by atoms with E-state index in [0.717, 1.165) is 23.9 Å². The topological polar surface area (TPSA) is 6.48 Å². The number of piperidine rings is 1. The van der Waals surface area contributed by atoms with E-state index < -0.39 is 0 Å². The molecular formula is C18H36N2. The lowest BCUT2D eigenvalue weighted by Gasteiger charge is -2.51. The Morgan fingerprint density at radius 1 is 1.05 bits per heavy atom. The number of nitrogens with zero attached hydrogens (tertiary/aromatic N) is 2. The molecule has 2 aliphatic heterocycles. The molecule has 118 valence electrons. The lowest BCUT2D eigenvalue weighted by molar-refractivity contribution is -0.0213.